The van der Waals surface area contributed by atoms with Gasteiger partial charge in [0.05, 0.1) is 0 Å². The first-order valence-corrected chi connectivity index (χ1v) is 5.55. The maximum atomic E-state index is 10.6. The van der Waals surface area contributed by atoms with Crippen molar-refractivity contribution in [2.24, 2.45) is 4.58 Å². The molecule has 1 atom stereocenters. The summed E-state index contributed by atoms with van der Waals surface area (Å²) in [6, 6.07) is 0. The summed E-state index contributed by atoms with van der Waals surface area (Å²) in [6.07, 6.45) is 1.30. The minimum atomic E-state index is -1.09. The number of nitrogens with zero attached hydrogens (tertiary/aromatic N) is 1. The Hall–Kier alpha value is -1.15. The lowest BCUT2D eigenvalue weighted by Crippen LogP contribution is -2.31. The van der Waals surface area contributed by atoms with Crippen molar-refractivity contribution in [3.63, 3.8) is 0 Å². The average molecular weight is 250 g/mol. The van der Waals surface area contributed by atoms with Gasteiger partial charge in [0.15, 0.2) is 0 Å². The van der Waals surface area contributed by atoms with E-state index < -0.39 is 17.2 Å². The quantitative estimate of drug-likeness (QED) is 0.297. The van der Waals surface area contributed by atoms with E-state index >= 15 is 0 Å². The van der Waals surface area contributed by atoms with E-state index in [4.69, 9.17) is 10.2 Å². The van der Waals surface area contributed by atoms with Gasteiger partial charge in [-0.25, -0.2) is 0 Å². The second kappa shape index (κ2) is 9.10. The zero-order chi connectivity index (χ0) is 12.4. The summed E-state index contributed by atoms with van der Waals surface area (Å²) in [5.41, 5.74) is 0. The summed E-state index contributed by atoms with van der Waals surface area (Å²) in [5.74, 6) is -1.94. The summed E-state index contributed by atoms with van der Waals surface area (Å²) < 4.78 is 2.46. The van der Waals surface area contributed by atoms with Gasteiger partial charge >= 0.3 is 11.9 Å². The molecule has 0 saturated carbocycles. The van der Waals surface area contributed by atoms with E-state index in [9.17, 15) is 14.5 Å². The highest BCUT2D eigenvalue weighted by Gasteiger charge is 2.18. The van der Waals surface area contributed by atoms with Crippen LogP contribution in [0.5, 0.6) is 0 Å². The smallest absolute Gasteiger partial charge is 0.319 e. The Morgan fingerprint density at radius 1 is 1.31 bits per heavy atom. The van der Waals surface area contributed by atoms with Gasteiger partial charge in [-0.15, -0.1) is 4.91 Å². The van der Waals surface area contributed by atoms with Crippen LogP contribution in [-0.2, 0) is 9.59 Å². The summed E-state index contributed by atoms with van der Waals surface area (Å²) in [4.78, 5) is 30.6. The summed E-state index contributed by atoms with van der Waals surface area (Å²) in [6.45, 7) is 0.662. The van der Waals surface area contributed by atoms with Crippen LogP contribution in [0.4, 0.5) is 0 Å². The van der Waals surface area contributed by atoms with Crippen molar-refractivity contribution in [1.82, 2.24) is 5.32 Å². The molecular weight excluding hydrogens is 236 g/mol. The van der Waals surface area contributed by atoms with E-state index in [1.54, 1.807) is 0 Å². The SMILES string of the molecule is O=NSC(CNCCCCC(=O)O)C(=O)O. The van der Waals surface area contributed by atoms with Gasteiger partial charge in [-0.1, -0.05) is 0 Å². The number of carboxylic acid groups (broad SMARTS) is 2. The molecule has 3 N–H and O–H groups in total. The van der Waals surface area contributed by atoms with Crippen LogP contribution in [0, 0.1) is 4.91 Å². The molecule has 1 unspecified atom stereocenters. The van der Waals surface area contributed by atoms with Crippen LogP contribution in [0.3, 0.4) is 0 Å². The average Bonchev–Trinajstić information content (AvgIpc) is 2.20. The standard InChI is InChI=1S/C8H14N2O5S/c11-7(12)3-1-2-4-9-5-6(8(13)14)16-10-15/h6,9H,1-5H2,(H,11,12)(H,13,14). The Labute approximate surface area is 96.7 Å². The Morgan fingerprint density at radius 2 is 2.00 bits per heavy atom. The summed E-state index contributed by atoms with van der Waals surface area (Å²) >= 11 is 0.466. The Morgan fingerprint density at radius 3 is 2.50 bits per heavy atom. The van der Waals surface area contributed by atoms with Gasteiger partial charge in [-0.05, 0) is 19.4 Å². The normalized spacial score (nSPS) is 12.0. The topological polar surface area (TPSA) is 116 Å². The zero-order valence-electron chi connectivity index (χ0n) is 8.59. The molecular formula is C8H14N2O5S. The third kappa shape index (κ3) is 8.18. The van der Waals surface area contributed by atoms with E-state index in [1.807, 2.05) is 0 Å². The lowest BCUT2D eigenvalue weighted by Gasteiger charge is -2.08. The molecule has 16 heavy (non-hydrogen) atoms. The van der Waals surface area contributed by atoms with Crippen LogP contribution in [0.2, 0.25) is 0 Å². The number of nitrogens with one attached hydrogen (secondary N) is 1. The van der Waals surface area contributed by atoms with Crippen molar-refractivity contribution < 1.29 is 19.8 Å². The highest BCUT2D eigenvalue weighted by molar-refractivity contribution is 7.99. The van der Waals surface area contributed by atoms with E-state index in [0.29, 0.717) is 31.3 Å². The van der Waals surface area contributed by atoms with Crippen molar-refractivity contribution in [1.29, 1.82) is 0 Å². The molecule has 0 aromatic heterocycles. The van der Waals surface area contributed by atoms with Crippen LogP contribution in [0.1, 0.15) is 19.3 Å². The first-order valence-electron chi connectivity index (χ1n) is 4.71. The number of aliphatic carboxylic acids is 2. The number of rotatable bonds is 10. The molecule has 0 spiro atoms. The van der Waals surface area contributed by atoms with Gasteiger partial charge in [-0.3, -0.25) is 9.59 Å². The predicted octanol–water partition coefficient (Wildman–Crippen LogP) is 0.699. The second-order valence-electron chi connectivity index (χ2n) is 3.06. The largest absolute Gasteiger partial charge is 0.481 e. The molecule has 0 heterocycles. The fourth-order valence-corrected chi connectivity index (χ4v) is 1.37. The summed E-state index contributed by atoms with van der Waals surface area (Å²) in [7, 11) is 0. The number of unbranched alkanes of at least 4 members (excludes halogenated alkanes) is 1. The zero-order valence-corrected chi connectivity index (χ0v) is 9.40. The van der Waals surface area contributed by atoms with E-state index in [2.05, 4.69) is 9.90 Å². The van der Waals surface area contributed by atoms with E-state index in [1.165, 1.54) is 0 Å². The third-order valence-electron chi connectivity index (χ3n) is 1.77. The minimum absolute atomic E-state index is 0.106. The fraction of sp³-hybridized carbons (Fsp3) is 0.750. The van der Waals surface area contributed by atoms with Crippen LogP contribution in [-0.4, -0.2) is 40.5 Å². The van der Waals surface area contributed by atoms with Gasteiger partial charge in [0, 0.05) is 29.5 Å². The lowest BCUT2D eigenvalue weighted by molar-refractivity contribution is -0.137. The van der Waals surface area contributed by atoms with E-state index in [0.717, 1.165) is 0 Å². The molecule has 0 aliphatic heterocycles. The van der Waals surface area contributed by atoms with Crippen molar-refractivity contribution in [2.75, 3.05) is 13.1 Å². The van der Waals surface area contributed by atoms with Crippen molar-refractivity contribution in [2.45, 2.75) is 24.5 Å². The maximum absolute atomic E-state index is 10.6. The monoisotopic (exact) mass is 250 g/mol. The Bertz CT molecular complexity index is 249. The molecule has 0 bridgehead atoms. The molecule has 7 nitrogen and oxygen atoms in total. The molecule has 0 aromatic carbocycles. The van der Waals surface area contributed by atoms with Gasteiger partial charge in [0.25, 0.3) is 0 Å². The van der Waals surface area contributed by atoms with Crippen LogP contribution in [0.25, 0.3) is 0 Å². The van der Waals surface area contributed by atoms with Gasteiger partial charge < -0.3 is 15.5 Å². The van der Waals surface area contributed by atoms with Crippen LogP contribution >= 0.6 is 11.9 Å². The predicted molar refractivity (Wildman–Crippen MR) is 59.2 cm³/mol. The van der Waals surface area contributed by atoms with Gasteiger partial charge in [0.2, 0.25) is 0 Å². The molecule has 8 heteroatoms. The first-order chi connectivity index (χ1) is 7.57. The molecule has 0 rings (SSSR count). The highest BCUT2D eigenvalue weighted by Crippen LogP contribution is 2.10. The lowest BCUT2D eigenvalue weighted by atomic mass is 10.2. The molecule has 0 aliphatic rings. The number of hydrogen-bond acceptors (Lipinski definition) is 6. The molecule has 0 aliphatic carbocycles. The van der Waals surface area contributed by atoms with Crippen molar-refractivity contribution >= 4 is 23.9 Å². The first kappa shape index (κ1) is 14.8. The minimum Gasteiger partial charge on any atom is -0.481 e. The summed E-state index contributed by atoms with van der Waals surface area (Å²) in [5, 5.41) is 18.9. The third-order valence-corrected chi connectivity index (χ3v) is 2.48. The van der Waals surface area contributed by atoms with Crippen molar-refractivity contribution in [3.8, 4) is 0 Å². The molecule has 0 radical (unpaired) electrons. The fourth-order valence-electron chi connectivity index (χ4n) is 0.981. The molecule has 0 saturated heterocycles. The van der Waals surface area contributed by atoms with Crippen LogP contribution in [0.15, 0.2) is 4.58 Å². The number of carboxylic acids is 2. The number of nitroso groups, excluding NO2 is 1. The highest BCUT2D eigenvalue weighted by atomic mass is 32.2. The molecule has 0 aromatic rings. The second-order valence-corrected chi connectivity index (χ2v) is 3.99. The number of carbonyl (C=O) groups is 2. The van der Waals surface area contributed by atoms with Crippen LogP contribution < -0.4 is 5.32 Å². The maximum Gasteiger partial charge on any atom is 0.319 e. The van der Waals surface area contributed by atoms with Crippen molar-refractivity contribution in [3.05, 3.63) is 4.91 Å². The Kier molecular flexibility index (Phi) is 8.45. The van der Waals surface area contributed by atoms with E-state index in [-0.39, 0.29) is 13.0 Å². The number of hydrogen-bond donors (Lipinski definition) is 3. The molecule has 92 valence electrons. The Balaban J connectivity index is 3.51. The molecule has 0 amide bonds. The van der Waals surface area contributed by atoms with Gasteiger partial charge in [0.1, 0.15) is 5.25 Å². The van der Waals surface area contributed by atoms with Gasteiger partial charge in [-0.2, -0.15) is 0 Å². The molecule has 0 fully saturated rings.